The molecule has 2 aromatic rings. The van der Waals surface area contributed by atoms with Crippen molar-refractivity contribution in [3.63, 3.8) is 0 Å². The van der Waals surface area contributed by atoms with Crippen molar-refractivity contribution < 1.29 is 33.7 Å². The Labute approximate surface area is 268 Å². The van der Waals surface area contributed by atoms with Gasteiger partial charge in [0, 0.05) is 11.6 Å². The van der Waals surface area contributed by atoms with Crippen molar-refractivity contribution in [2.24, 2.45) is 17.8 Å². The molecule has 2 aromatic carbocycles. The number of aliphatic hydroxyl groups excluding tert-OH is 1. The molecule has 250 valence electrons. The Morgan fingerprint density at radius 3 is 2.02 bits per heavy atom. The number of hydrogen-bond donors (Lipinski definition) is 3. The minimum atomic E-state index is -0.954. The largest absolute Gasteiger partial charge is 0.497 e. The Morgan fingerprint density at radius 1 is 0.822 bits per heavy atom. The van der Waals surface area contributed by atoms with Crippen molar-refractivity contribution in [2.75, 3.05) is 20.8 Å². The van der Waals surface area contributed by atoms with Crippen LogP contribution >= 0.6 is 0 Å². The Balaban J connectivity index is 2.51. The number of rotatable bonds is 18. The van der Waals surface area contributed by atoms with Crippen LogP contribution in [0.5, 0.6) is 11.5 Å². The fraction of sp³-hybridized carbons (Fsp3) is 0.571. The predicted octanol–water partition coefficient (Wildman–Crippen LogP) is 5.31. The number of benzene rings is 2. The van der Waals surface area contributed by atoms with E-state index >= 15 is 0 Å². The van der Waals surface area contributed by atoms with Gasteiger partial charge in [0.1, 0.15) is 30.2 Å². The van der Waals surface area contributed by atoms with Gasteiger partial charge in [0.25, 0.3) is 0 Å². The van der Waals surface area contributed by atoms with Gasteiger partial charge in [0.05, 0.1) is 33.4 Å². The van der Waals surface area contributed by atoms with Crippen molar-refractivity contribution in [3.05, 3.63) is 59.7 Å². The van der Waals surface area contributed by atoms with Crippen molar-refractivity contribution in [1.82, 2.24) is 15.5 Å². The lowest BCUT2D eigenvalue weighted by Crippen LogP contribution is -2.57. The third-order valence-electron chi connectivity index (χ3n) is 7.32. The number of hydrogen-bond acceptors (Lipinski definition) is 7. The molecule has 0 heterocycles. The quantitative estimate of drug-likeness (QED) is 0.204. The fourth-order valence-corrected chi connectivity index (χ4v) is 5.18. The highest BCUT2D eigenvalue weighted by Gasteiger charge is 2.37. The summed E-state index contributed by atoms with van der Waals surface area (Å²) < 4.78 is 16.5. The van der Waals surface area contributed by atoms with Gasteiger partial charge < -0.3 is 34.9 Å². The van der Waals surface area contributed by atoms with Crippen LogP contribution in [0.4, 0.5) is 4.79 Å². The maximum atomic E-state index is 14.5. The zero-order valence-electron chi connectivity index (χ0n) is 28.2. The van der Waals surface area contributed by atoms with Crippen LogP contribution in [-0.2, 0) is 27.5 Å². The van der Waals surface area contributed by atoms with E-state index in [-0.39, 0.29) is 43.4 Å². The molecule has 10 nitrogen and oxygen atoms in total. The van der Waals surface area contributed by atoms with Gasteiger partial charge in [-0.15, -0.1) is 0 Å². The summed E-state index contributed by atoms with van der Waals surface area (Å²) in [6, 6.07) is 12.3. The molecule has 0 aromatic heterocycles. The van der Waals surface area contributed by atoms with E-state index in [4.69, 9.17) is 14.2 Å². The third kappa shape index (κ3) is 12.6. The van der Waals surface area contributed by atoms with Crippen LogP contribution in [0, 0.1) is 17.8 Å². The van der Waals surface area contributed by atoms with E-state index < -0.39 is 30.1 Å². The van der Waals surface area contributed by atoms with E-state index in [1.807, 2.05) is 71.9 Å². The second-order valence-corrected chi connectivity index (χ2v) is 12.7. The monoisotopic (exact) mass is 627 g/mol. The fourth-order valence-electron chi connectivity index (χ4n) is 5.18. The molecule has 0 saturated carbocycles. The molecule has 2 rings (SSSR count). The van der Waals surface area contributed by atoms with E-state index in [1.165, 1.54) is 12.0 Å². The normalized spacial score (nSPS) is 13.2. The number of ether oxygens (including phenoxy) is 3. The van der Waals surface area contributed by atoms with Gasteiger partial charge in [-0.25, -0.2) is 4.79 Å². The highest BCUT2D eigenvalue weighted by atomic mass is 16.5. The SMILES string of the molecule is COc1ccc(CN(C(=O)[C@@H](CC(C)C)NC(=O)OCc2ccccc2)C(CC(C)C)C(=O)N[C@H](CO)CC(C)C)c(OC)c1. The Bertz CT molecular complexity index is 1200. The molecule has 0 spiro atoms. The van der Waals surface area contributed by atoms with E-state index in [1.54, 1.807) is 25.3 Å². The maximum Gasteiger partial charge on any atom is 0.408 e. The van der Waals surface area contributed by atoms with Crippen LogP contribution in [0.3, 0.4) is 0 Å². The average Bonchev–Trinajstić information content (AvgIpc) is 3.00. The number of nitrogens with zero attached hydrogens (tertiary/aromatic N) is 1. The molecule has 3 atom stereocenters. The first-order valence-corrected chi connectivity index (χ1v) is 15.8. The van der Waals surface area contributed by atoms with Gasteiger partial charge >= 0.3 is 6.09 Å². The standard InChI is InChI=1S/C35H53N3O7/c1-23(2)16-28(21-39)36-33(40)31(18-25(5)6)38(20-27-14-15-29(43-7)19-32(27)44-8)34(41)30(17-24(3)4)37-35(42)45-22-26-12-10-9-11-13-26/h9-15,19,23-25,28,30-31,39H,16-18,20-22H2,1-8H3,(H,36,40)(H,37,42)/t28-,30+,31?/m0/s1. The molecule has 3 N–H and O–H groups in total. The van der Waals surface area contributed by atoms with Crippen LogP contribution in [0.2, 0.25) is 0 Å². The number of methoxy groups -OCH3 is 2. The second-order valence-electron chi connectivity index (χ2n) is 12.7. The van der Waals surface area contributed by atoms with Crippen LogP contribution in [0.15, 0.2) is 48.5 Å². The summed E-state index contributed by atoms with van der Waals surface area (Å²) in [5.74, 6) is 0.660. The maximum absolute atomic E-state index is 14.5. The van der Waals surface area contributed by atoms with Gasteiger partial charge in [-0.3, -0.25) is 9.59 Å². The second kappa shape index (κ2) is 18.9. The van der Waals surface area contributed by atoms with E-state index in [2.05, 4.69) is 10.6 Å². The minimum Gasteiger partial charge on any atom is -0.497 e. The molecule has 0 aliphatic carbocycles. The average molecular weight is 628 g/mol. The van der Waals surface area contributed by atoms with Crippen molar-refractivity contribution in [3.8, 4) is 11.5 Å². The van der Waals surface area contributed by atoms with Gasteiger partial charge in [0.2, 0.25) is 11.8 Å². The molecular formula is C35H53N3O7. The molecule has 3 amide bonds. The van der Waals surface area contributed by atoms with Crippen molar-refractivity contribution in [1.29, 1.82) is 0 Å². The van der Waals surface area contributed by atoms with Gasteiger partial charge in [0.15, 0.2) is 0 Å². The molecule has 1 unspecified atom stereocenters. The lowest BCUT2D eigenvalue weighted by Gasteiger charge is -2.36. The lowest BCUT2D eigenvalue weighted by molar-refractivity contribution is -0.144. The minimum absolute atomic E-state index is 0.0418. The zero-order valence-corrected chi connectivity index (χ0v) is 28.2. The molecule has 0 aliphatic rings. The zero-order chi connectivity index (χ0) is 33.5. The molecule has 0 saturated heterocycles. The Hall–Kier alpha value is -3.79. The first-order valence-electron chi connectivity index (χ1n) is 15.8. The Morgan fingerprint density at radius 2 is 1.47 bits per heavy atom. The van der Waals surface area contributed by atoms with Crippen LogP contribution < -0.4 is 20.1 Å². The first-order chi connectivity index (χ1) is 21.4. The number of nitrogens with one attached hydrogen (secondary N) is 2. The van der Waals surface area contributed by atoms with Gasteiger partial charge in [-0.05, 0) is 54.7 Å². The summed E-state index contributed by atoms with van der Waals surface area (Å²) in [6.07, 6.45) is 0.560. The lowest BCUT2D eigenvalue weighted by atomic mass is 9.96. The van der Waals surface area contributed by atoms with Crippen molar-refractivity contribution >= 4 is 17.9 Å². The molecule has 10 heteroatoms. The number of carbonyl (C=O) groups excluding carboxylic acids is 3. The van der Waals surface area contributed by atoms with E-state index in [0.717, 1.165) is 5.56 Å². The molecule has 0 aliphatic heterocycles. The Kier molecular flexibility index (Phi) is 15.7. The smallest absolute Gasteiger partial charge is 0.408 e. The summed E-state index contributed by atoms with van der Waals surface area (Å²) in [5.41, 5.74) is 1.49. The highest BCUT2D eigenvalue weighted by molar-refractivity contribution is 5.91. The predicted molar refractivity (Wildman–Crippen MR) is 175 cm³/mol. The summed E-state index contributed by atoms with van der Waals surface area (Å²) in [6.45, 7) is 11.8. The topological polar surface area (TPSA) is 126 Å². The molecule has 45 heavy (non-hydrogen) atoms. The number of alkyl carbamates (subject to hydrolysis) is 1. The summed E-state index contributed by atoms with van der Waals surface area (Å²) in [7, 11) is 3.09. The third-order valence-corrected chi connectivity index (χ3v) is 7.32. The van der Waals surface area contributed by atoms with Crippen LogP contribution in [0.1, 0.15) is 71.9 Å². The summed E-state index contributed by atoms with van der Waals surface area (Å²) in [5, 5.41) is 15.8. The van der Waals surface area contributed by atoms with Crippen LogP contribution in [0.25, 0.3) is 0 Å². The summed E-state index contributed by atoms with van der Waals surface area (Å²) in [4.78, 5) is 43.0. The van der Waals surface area contributed by atoms with E-state index in [9.17, 15) is 19.5 Å². The first kappa shape index (κ1) is 37.4. The molecule has 0 fully saturated rings. The van der Waals surface area contributed by atoms with Gasteiger partial charge in [-0.1, -0.05) is 71.9 Å². The highest BCUT2D eigenvalue weighted by Crippen LogP contribution is 2.28. The van der Waals surface area contributed by atoms with E-state index in [0.29, 0.717) is 36.3 Å². The number of aliphatic hydroxyl groups is 1. The van der Waals surface area contributed by atoms with Crippen LogP contribution in [-0.4, -0.2) is 66.9 Å². The molecule has 0 bridgehead atoms. The summed E-state index contributed by atoms with van der Waals surface area (Å²) >= 11 is 0. The molecule has 0 radical (unpaired) electrons. The number of amides is 3. The number of carbonyl (C=O) groups is 3. The van der Waals surface area contributed by atoms with Crippen molar-refractivity contribution in [2.45, 2.75) is 92.1 Å². The molecular weight excluding hydrogens is 574 g/mol. The van der Waals surface area contributed by atoms with Gasteiger partial charge in [-0.2, -0.15) is 0 Å².